The van der Waals surface area contributed by atoms with E-state index in [2.05, 4.69) is 31.3 Å². The van der Waals surface area contributed by atoms with E-state index in [1.165, 1.54) is 32.1 Å². The summed E-state index contributed by atoms with van der Waals surface area (Å²) in [7, 11) is 0. The highest BCUT2D eigenvalue weighted by molar-refractivity contribution is 5.06. The van der Waals surface area contributed by atoms with E-state index in [1.54, 1.807) is 0 Å². The van der Waals surface area contributed by atoms with Gasteiger partial charge in [0.25, 0.3) is 0 Å². The molecule has 0 aliphatic heterocycles. The summed E-state index contributed by atoms with van der Waals surface area (Å²) >= 11 is 0. The fraction of sp³-hybridized carbons (Fsp3) is 0.750. The highest BCUT2D eigenvalue weighted by Gasteiger charge is 2.17. The summed E-state index contributed by atoms with van der Waals surface area (Å²) in [6.07, 6.45) is 8.05. The van der Waals surface area contributed by atoms with Gasteiger partial charge in [-0.05, 0) is 36.9 Å². The molecule has 1 aromatic rings. The van der Waals surface area contributed by atoms with Crippen LogP contribution in [0.3, 0.4) is 0 Å². The van der Waals surface area contributed by atoms with Crippen LogP contribution < -0.4 is 5.32 Å². The summed E-state index contributed by atoms with van der Waals surface area (Å²) in [5.41, 5.74) is 0. The van der Waals surface area contributed by atoms with Crippen molar-refractivity contribution in [3.63, 3.8) is 0 Å². The van der Waals surface area contributed by atoms with Crippen molar-refractivity contribution in [3.05, 3.63) is 23.7 Å². The van der Waals surface area contributed by atoms with Crippen molar-refractivity contribution in [2.24, 2.45) is 11.8 Å². The van der Waals surface area contributed by atoms with Crippen molar-refractivity contribution < 1.29 is 4.42 Å². The predicted molar refractivity (Wildman–Crippen MR) is 75.5 cm³/mol. The number of hydrogen-bond acceptors (Lipinski definition) is 2. The highest BCUT2D eigenvalue weighted by Crippen LogP contribution is 2.29. The zero-order valence-corrected chi connectivity index (χ0v) is 11.9. The molecule has 0 amide bonds. The number of hydrogen-bond donors (Lipinski definition) is 1. The van der Waals surface area contributed by atoms with Crippen molar-refractivity contribution >= 4 is 0 Å². The number of furan rings is 1. The summed E-state index contributed by atoms with van der Waals surface area (Å²) in [6, 6.07) is 4.17. The van der Waals surface area contributed by atoms with Gasteiger partial charge in [-0.15, -0.1) is 0 Å². The van der Waals surface area contributed by atoms with Gasteiger partial charge in [-0.25, -0.2) is 0 Å². The van der Waals surface area contributed by atoms with Gasteiger partial charge < -0.3 is 9.73 Å². The largest absolute Gasteiger partial charge is 0.465 e. The molecule has 0 unspecified atom stereocenters. The molecule has 1 fully saturated rings. The minimum Gasteiger partial charge on any atom is -0.465 e. The number of aryl methyl sites for hydroxylation is 1. The predicted octanol–water partition coefficient (Wildman–Crippen LogP) is 4.15. The van der Waals surface area contributed by atoms with Crippen LogP contribution in [0.4, 0.5) is 0 Å². The summed E-state index contributed by atoms with van der Waals surface area (Å²) in [6.45, 7) is 6.52. The van der Waals surface area contributed by atoms with Crippen LogP contribution in [0.2, 0.25) is 0 Å². The zero-order valence-electron chi connectivity index (χ0n) is 11.9. The van der Waals surface area contributed by atoms with Gasteiger partial charge in [-0.3, -0.25) is 0 Å². The molecular weight excluding hydrogens is 222 g/mol. The normalized spacial score (nSPS) is 24.3. The molecule has 1 N–H and O–H groups in total. The lowest BCUT2D eigenvalue weighted by atomic mass is 9.81. The zero-order chi connectivity index (χ0) is 12.8. The molecule has 0 bridgehead atoms. The molecule has 0 atom stereocenters. The van der Waals surface area contributed by atoms with Crippen LogP contribution in [-0.2, 0) is 13.0 Å². The Bertz CT molecular complexity index is 337. The Morgan fingerprint density at radius 1 is 1.17 bits per heavy atom. The first-order chi connectivity index (χ1) is 8.78. The smallest absolute Gasteiger partial charge is 0.117 e. The second-order valence-electron chi connectivity index (χ2n) is 5.81. The van der Waals surface area contributed by atoms with Gasteiger partial charge in [-0.1, -0.05) is 39.5 Å². The molecule has 0 radical (unpaired) electrons. The monoisotopic (exact) mass is 249 g/mol. The lowest BCUT2D eigenvalue weighted by Crippen LogP contribution is -2.20. The molecule has 2 rings (SSSR count). The molecule has 1 saturated carbocycles. The van der Waals surface area contributed by atoms with Gasteiger partial charge in [-0.2, -0.15) is 0 Å². The van der Waals surface area contributed by atoms with Crippen LogP contribution in [0, 0.1) is 11.8 Å². The summed E-state index contributed by atoms with van der Waals surface area (Å²) in [5.74, 6) is 4.08. The maximum absolute atomic E-state index is 5.68. The number of rotatable bonds is 6. The third kappa shape index (κ3) is 4.16. The lowest BCUT2D eigenvalue weighted by molar-refractivity contribution is 0.274. The maximum Gasteiger partial charge on any atom is 0.117 e. The minimum absolute atomic E-state index is 0.878. The average Bonchev–Trinajstić information content (AvgIpc) is 2.85. The Labute approximate surface area is 111 Å². The first kappa shape index (κ1) is 13.7. The van der Waals surface area contributed by atoms with Gasteiger partial charge in [0.05, 0.1) is 6.54 Å². The molecule has 1 heterocycles. The third-order valence-electron chi connectivity index (χ3n) is 4.23. The lowest BCUT2D eigenvalue weighted by Gasteiger charge is -2.26. The van der Waals surface area contributed by atoms with E-state index < -0.39 is 0 Å². The molecule has 102 valence electrons. The van der Waals surface area contributed by atoms with E-state index in [9.17, 15) is 0 Å². The van der Waals surface area contributed by atoms with Gasteiger partial charge in [0.1, 0.15) is 11.5 Å². The first-order valence-electron chi connectivity index (χ1n) is 7.56. The fourth-order valence-electron chi connectivity index (χ4n) is 2.84. The molecule has 2 heteroatoms. The van der Waals surface area contributed by atoms with Gasteiger partial charge in [0, 0.05) is 6.42 Å². The van der Waals surface area contributed by atoms with Crippen molar-refractivity contribution in [2.75, 3.05) is 6.54 Å². The quantitative estimate of drug-likeness (QED) is 0.766. The molecule has 0 spiro atoms. The van der Waals surface area contributed by atoms with Crippen LogP contribution in [0.1, 0.15) is 57.5 Å². The van der Waals surface area contributed by atoms with Crippen LogP contribution in [0.5, 0.6) is 0 Å². The SMILES string of the molecule is CCc1ccc(CNCCC2CCC(C)CC2)o1. The van der Waals surface area contributed by atoms with E-state index in [1.807, 2.05) is 0 Å². The summed E-state index contributed by atoms with van der Waals surface area (Å²) in [4.78, 5) is 0. The molecule has 1 aliphatic carbocycles. The molecule has 1 aliphatic rings. The van der Waals surface area contributed by atoms with Gasteiger partial charge >= 0.3 is 0 Å². The van der Waals surface area contributed by atoms with E-state index in [4.69, 9.17) is 4.42 Å². The topological polar surface area (TPSA) is 25.2 Å². The van der Waals surface area contributed by atoms with E-state index in [0.29, 0.717) is 0 Å². The van der Waals surface area contributed by atoms with Crippen molar-refractivity contribution in [1.82, 2.24) is 5.32 Å². The van der Waals surface area contributed by atoms with Crippen LogP contribution in [0.15, 0.2) is 16.5 Å². The second-order valence-corrected chi connectivity index (χ2v) is 5.81. The van der Waals surface area contributed by atoms with Crippen LogP contribution in [0.25, 0.3) is 0 Å². The summed E-state index contributed by atoms with van der Waals surface area (Å²) < 4.78 is 5.68. The Hall–Kier alpha value is -0.760. The van der Waals surface area contributed by atoms with Crippen LogP contribution in [-0.4, -0.2) is 6.54 Å². The molecule has 0 aromatic carbocycles. The molecule has 0 saturated heterocycles. The molecule has 2 nitrogen and oxygen atoms in total. The molecule has 18 heavy (non-hydrogen) atoms. The molecular formula is C16H27NO. The van der Waals surface area contributed by atoms with Crippen LogP contribution >= 0.6 is 0 Å². The van der Waals surface area contributed by atoms with Crippen molar-refractivity contribution in [2.45, 2.75) is 58.9 Å². The highest BCUT2D eigenvalue weighted by atomic mass is 16.3. The average molecular weight is 249 g/mol. The van der Waals surface area contributed by atoms with Crippen molar-refractivity contribution in [1.29, 1.82) is 0 Å². The standard InChI is InChI=1S/C16H27NO/c1-3-15-8-9-16(18-15)12-17-11-10-14-6-4-13(2)5-7-14/h8-9,13-14,17H,3-7,10-12H2,1-2H3. The summed E-state index contributed by atoms with van der Waals surface area (Å²) in [5, 5.41) is 3.50. The van der Waals surface area contributed by atoms with Gasteiger partial charge in [0.2, 0.25) is 0 Å². The Balaban J connectivity index is 1.58. The Kier molecular flexibility index (Phi) is 5.30. The first-order valence-corrected chi connectivity index (χ1v) is 7.56. The van der Waals surface area contributed by atoms with Crippen molar-refractivity contribution in [3.8, 4) is 0 Å². The Morgan fingerprint density at radius 3 is 2.56 bits per heavy atom. The second kappa shape index (κ2) is 6.98. The third-order valence-corrected chi connectivity index (χ3v) is 4.23. The maximum atomic E-state index is 5.68. The minimum atomic E-state index is 0.878. The van der Waals surface area contributed by atoms with Gasteiger partial charge in [0.15, 0.2) is 0 Å². The van der Waals surface area contributed by atoms with E-state index in [-0.39, 0.29) is 0 Å². The number of nitrogens with one attached hydrogen (secondary N) is 1. The fourth-order valence-corrected chi connectivity index (χ4v) is 2.84. The van der Waals surface area contributed by atoms with E-state index in [0.717, 1.165) is 42.9 Å². The molecule has 1 aromatic heterocycles. The van der Waals surface area contributed by atoms with E-state index >= 15 is 0 Å². The Morgan fingerprint density at radius 2 is 1.89 bits per heavy atom.